The lowest BCUT2D eigenvalue weighted by Gasteiger charge is -2.44. The van der Waals surface area contributed by atoms with Gasteiger partial charge in [0.2, 0.25) is 5.92 Å². The zero-order valence-corrected chi connectivity index (χ0v) is 19.7. The number of aromatic nitrogens is 1. The van der Waals surface area contributed by atoms with E-state index in [1.165, 1.54) is 20.3 Å². The van der Waals surface area contributed by atoms with E-state index >= 15 is 0 Å². The Bertz CT molecular complexity index is 1210. The highest BCUT2D eigenvalue weighted by molar-refractivity contribution is 5.89. The summed E-state index contributed by atoms with van der Waals surface area (Å²) in [6, 6.07) is 5.16. The van der Waals surface area contributed by atoms with Crippen molar-refractivity contribution in [3.63, 3.8) is 0 Å². The van der Waals surface area contributed by atoms with Crippen molar-refractivity contribution < 1.29 is 27.8 Å². The van der Waals surface area contributed by atoms with Crippen LogP contribution in [-0.4, -0.2) is 42.9 Å². The van der Waals surface area contributed by atoms with Crippen LogP contribution in [0.25, 0.3) is 11.3 Å². The first kappa shape index (κ1) is 22.7. The van der Waals surface area contributed by atoms with E-state index in [0.29, 0.717) is 17.2 Å². The van der Waals surface area contributed by atoms with Crippen LogP contribution in [0.4, 0.5) is 8.78 Å². The molecule has 1 saturated carbocycles. The molecule has 1 aromatic carbocycles. The molecule has 7 nitrogen and oxygen atoms in total. The molecule has 1 saturated heterocycles. The van der Waals surface area contributed by atoms with Gasteiger partial charge in [0.05, 0.1) is 38.1 Å². The van der Waals surface area contributed by atoms with Gasteiger partial charge < -0.3 is 14.2 Å². The molecule has 0 N–H and O–H groups in total. The maximum absolute atomic E-state index is 13.2. The summed E-state index contributed by atoms with van der Waals surface area (Å²) in [4.78, 5) is 25.0. The summed E-state index contributed by atoms with van der Waals surface area (Å²) in [5.41, 5.74) is 1.74. The Kier molecular flexibility index (Phi) is 5.15. The maximum atomic E-state index is 13.2. The minimum atomic E-state index is -2.59. The summed E-state index contributed by atoms with van der Waals surface area (Å²) in [6.45, 7) is 4.44. The van der Waals surface area contributed by atoms with Crippen LogP contribution in [0.2, 0.25) is 0 Å². The standard InChI is InChI=1S/C25H28F2N2O5/c1-24(2)6-5-18-15-8-22(34-13-14-10-25(26,27)11-14)21(32-3)7-16(15)19-9-20(30)17(23(31)33-4)12-28(19)29(18)24/h7-9,12,14,18H,5-6,10-11,13H2,1-4H3. The van der Waals surface area contributed by atoms with Crippen LogP contribution in [0.3, 0.4) is 0 Å². The van der Waals surface area contributed by atoms with Gasteiger partial charge in [0, 0.05) is 36.6 Å². The molecular formula is C25H28F2N2O5. The van der Waals surface area contributed by atoms with Gasteiger partial charge >= 0.3 is 5.97 Å². The fourth-order valence-electron chi connectivity index (χ4n) is 5.50. The van der Waals surface area contributed by atoms with Crippen molar-refractivity contribution in [2.24, 2.45) is 5.92 Å². The van der Waals surface area contributed by atoms with Crippen molar-refractivity contribution in [1.82, 2.24) is 4.68 Å². The molecule has 1 aliphatic carbocycles. The fourth-order valence-corrected chi connectivity index (χ4v) is 5.50. The lowest BCUT2D eigenvalue weighted by atomic mass is 9.82. The van der Waals surface area contributed by atoms with Crippen molar-refractivity contribution >= 4 is 5.97 Å². The highest BCUT2D eigenvalue weighted by Gasteiger charge is 2.47. The summed E-state index contributed by atoms with van der Waals surface area (Å²) < 4.78 is 44.7. The average Bonchev–Trinajstić information content (AvgIpc) is 3.10. The molecule has 1 atom stereocenters. The quantitative estimate of drug-likeness (QED) is 0.602. The number of nitrogens with zero attached hydrogens (tertiary/aromatic N) is 2. The van der Waals surface area contributed by atoms with Gasteiger partial charge in [0.1, 0.15) is 5.56 Å². The third kappa shape index (κ3) is 3.52. The van der Waals surface area contributed by atoms with Gasteiger partial charge in [-0.3, -0.25) is 14.5 Å². The number of halogens is 2. The topological polar surface area (TPSA) is 70.0 Å². The molecule has 182 valence electrons. The van der Waals surface area contributed by atoms with Gasteiger partial charge in [0.15, 0.2) is 16.9 Å². The second-order valence-corrected chi connectivity index (χ2v) is 10.0. The molecule has 0 spiro atoms. The Labute approximate surface area is 196 Å². The van der Waals surface area contributed by atoms with Crippen LogP contribution >= 0.6 is 0 Å². The Morgan fingerprint density at radius 2 is 1.88 bits per heavy atom. The predicted octanol–water partition coefficient (Wildman–Crippen LogP) is 4.30. The number of benzene rings is 1. The molecule has 0 radical (unpaired) electrons. The second-order valence-electron chi connectivity index (χ2n) is 10.0. The highest BCUT2D eigenvalue weighted by atomic mass is 19.3. The Balaban J connectivity index is 1.60. The zero-order valence-electron chi connectivity index (χ0n) is 19.7. The van der Waals surface area contributed by atoms with Crippen LogP contribution < -0.4 is 19.9 Å². The maximum Gasteiger partial charge on any atom is 0.343 e. The lowest BCUT2D eigenvalue weighted by molar-refractivity contribution is -0.119. The molecule has 2 fully saturated rings. The third-order valence-electron chi connectivity index (χ3n) is 7.23. The number of methoxy groups -OCH3 is 2. The number of esters is 1. The van der Waals surface area contributed by atoms with Crippen LogP contribution in [-0.2, 0) is 4.74 Å². The average molecular weight is 475 g/mol. The molecule has 9 heteroatoms. The number of rotatable bonds is 5. The SMILES string of the molecule is COC(=O)c1cn2c(cc1=O)-c1cc(OC)c(OCC3CC(F)(F)C3)cc1C1CCC(C)(C)N12. The van der Waals surface area contributed by atoms with Crippen LogP contribution in [0.15, 0.2) is 29.2 Å². The molecule has 1 aromatic heterocycles. The molecule has 34 heavy (non-hydrogen) atoms. The Morgan fingerprint density at radius 3 is 2.53 bits per heavy atom. The number of hydrogen-bond donors (Lipinski definition) is 0. The molecule has 3 aliphatic rings. The monoisotopic (exact) mass is 474 g/mol. The molecule has 2 aromatic rings. The summed E-state index contributed by atoms with van der Waals surface area (Å²) in [6.07, 6.45) is 2.99. The van der Waals surface area contributed by atoms with Gasteiger partial charge in [-0.25, -0.2) is 13.6 Å². The molecule has 0 bridgehead atoms. The Morgan fingerprint density at radius 1 is 1.15 bits per heavy atom. The van der Waals surface area contributed by atoms with E-state index in [0.717, 1.165) is 24.0 Å². The third-order valence-corrected chi connectivity index (χ3v) is 7.23. The summed E-state index contributed by atoms with van der Waals surface area (Å²) in [5, 5.41) is 2.18. The van der Waals surface area contributed by atoms with Crippen LogP contribution in [0.1, 0.15) is 61.5 Å². The van der Waals surface area contributed by atoms with E-state index in [1.807, 2.05) is 16.8 Å². The number of fused-ring (bicyclic) bond motifs is 6. The van der Waals surface area contributed by atoms with Crippen LogP contribution in [0.5, 0.6) is 11.5 Å². The van der Waals surface area contributed by atoms with E-state index in [9.17, 15) is 18.4 Å². The minimum absolute atomic E-state index is 0.0215. The van der Waals surface area contributed by atoms with Gasteiger partial charge in [-0.1, -0.05) is 0 Å². The fraction of sp³-hybridized carbons (Fsp3) is 0.520. The van der Waals surface area contributed by atoms with Crippen molar-refractivity contribution in [1.29, 1.82) is 0 Å². The molecule has 3 heterocycles. The first-order valence-corrected chi connectivity index (χ1v) is 11.4. The first-order chi connectivity index (χ1) is 16.0. The number of pyridine rings is 1. The zero-order chi connectivity index (χ0) is 24.4. The smallest absolute Gasteiger partial charge is 0.343 e. The molecule has 2 aliphatic heterocycles. The van der Waals surface area contributed by atoms with E-state index < -0.39 is 17.3 Å². The molecular weight excluding hydrogens is 446 g/mol. The number of carbonyl (C=O) groups is 1. The van der Waals surface area contributed by atoms with Crippen molar-refractivity contribution in [3.05, 3.63) is 45.7 Å². The van der Waals surface area contributed by atoms with Gasteiger partial charge in [-0.05, 0) is 44.4 Å². The van der Waals surface area contributed by atoms with Gasteiger partial charge in [0.25, 0.3) is 0 Å². The van der Waals surface area contributed by atoms with Crippen LogP contribution in [0, 0.1) is 5.92 Å². The van der Waals surface area contributed by atoms with Crippen molar-refractivity contribution in [2.75, 3.05) is 25.8 Å². The number of carbonyl (C=O) groups excluding carboxylic acids is 1. The van der Waals surface area contributed by atoms with E-state index in [4.69, 9.17) is 14.2 Å². The summed E-state index contributed by atoms with van der Waals surface area (Å²) >= 11 is 0. The predicted molar refractivity (Wildman–Crippen MR) is 121 cm³/mol. The van der Waals surface area contributed by atoms with E-state index in [-0.39, 0.29) is 42.5 Å². The second kappa shape index (κ2) is 7.71. The van der Waals surface area contributed by atoms with Gasteiger partial charge in [-0.2, -0.15) is 0 Å². The summed E-state index contributed by atoms with van der Waals surface area (Å²) in [7, 11) is 2.77. The van der Waals surface area contributed by atoms with Gasteiger partial charge in [-0.15, -0.1) is 0 Å². The number of hydrogen-bond acceptors (Lipinski definition) is 6. The molecule has 5 rings (SSSR count). The van der Waals surface area contributed by atoms with E-state index in [1.54, 1.807) is 6.20 Å². The number of alkyl halides is 2. The minimum Gasteiger partial charge on any atom is -0.493 e. The number of ether oxygens (including phenoxy) is 3. The normalized spacial score (nSPS) is 21.7. The highest BCUT2D eigenvalue weighted by Crippen LogP contribution is 2.51. The van der Waals surface area contributed by atoms with Crippen molar-refractivity contribution in [2.45, 2.75) is 57.0 Å². The molecule has 1 unspecified atom stereocenters. The molecule has 0 amide bonds. The largest absolute Gasteiger partial charge is 0.493 e. The first-order valence-electron chi connectivity index (χ1n) is 11.4. The van der Waals surface area contributed by atoms with Crippen molar-refractivity contribution in [3.8, 4) is 22.8 Å². The lowest BCUT2D eigenvalue weighted by Crippen LogP contribution is -2.50. The van der Waals surface area contributed by atoms with E-state index in [2.05, 4.69) is 18.9 Å². The summed E-state index contributed by atoms with van der Waals surface area (Å²) in [5.74, 6) is -2.49. The Hall–Kier alpha value is -3.10.